The third kappa shape index (κ3) is 4.73. The summed E-state index contributed by atoms with van der Waals surface area (Å²) >= 11 is 0. The molecule has 1 fully saturated rings. The molecule has 0 radical (unpaired) electrons. The summed E-state index contributed by atoms with van der Waals surface area (Å²) in [5.41, 5.74) is 1.42. The summed E-state index contributed by atoms with van der Waals surface area (Å²) in [6.07, 6.45) is 5.43. The minimum absolute atomic E-state index is 0.0897. The standard InChI is InChI=1S/C24H24N6O4S/c1-17-6-5-7-18(14-17)34-22-9-8-19(35(32,33)29-12-3-2-4-13-29)15-20(22)28-23(31)21-10-11-25-24-26-16-27-30(21)24/h5-11,14-16H,2-4,12-13H2,1H3,(H,28,31). The summed E-state index contributed by atoms with van der Waals surface area (Å²) in [7, 11) is -3.72. The summed E-state index contributed by atoms with van der Waals surface area (Å²) in [4.78, 5) is 21.4. The Morgan fingerprint density at radius 1 is 1.03 bits per heavy atom. The fraction of sp³-hybridized carbons (Fsp3) is 0.250. The first-order valence-electron chi connectivity index (χ1n) is 11.3. The SMILES string of the molecule is Cc1cccc(Oc2ccc(S(=O)(=O)N3CCCCC3)cc2NC(=O)c2ccnc3ncnn23)c1. The topological polar surface area (TPSA) is 119 Å². The van der Waals surface area contributed by atoms with E-state index in [1.165, 1.54) is 39.5 Å². The van der Waals surface area contributed by atoms with Gasteiger partial charge in [0.1, 0.15) is 17.8 Å². The van der Waals surface area contributed by atoms with Crippen LogP contribution in [0.1, 0.15) is 35.3 Å². The zero-order valence-electron chi connectivity index (χ0n) is 19.1. The van der Waals surface area contributed by atoms with Gasteiger partial charge in [0.25, 0.3) is 11.7 Å². The number of hydrogen-bond acceptors (Lipinski definition) is 7. The van der Waals surface area contributed by atoms with E-state index in [1.807, 2.05) is 25.1 Å². The maximum absolute atomic E-state index is 13.3. The average molecular weight is 493 g/mol. The van der Waals surface area contributed by atoms with Gasteiger partial charge in [0.05, 0.1) is 10.6 Å². The maximum Gasteiger partial charge on any atom is 0.274 e. The highest BCUT2D eigenvalue weighted by Crippen LogP contribution is 2.34. The second kappa shape index (κ2) is 9.43. The van der Waals surface area contributed by atoms with Crippen molar-refractivity contribution in [1.29, 1.82) is 0 Å². The number of hydrogen-bond donors (Lipinski definition) is 1. The first kappa shape index (κ1) is 22.9. The number of ether oxygens (including phenoxy) is 1. The smallest absolute Gasteiger partial charge is 0.274 e. The molecule has 0 bridgehead atoms. The fourth-order valence-corrected chi connectivity index (χ4v) is 5.56. The van der Waals surface area contributed by atoms with Gasteiger partial charge in [-0.3, -0.25) is 4.79 Å². The number of nitrogens with one attached hydrogen (secondary N) is 1. The number of aromatic nitrogens is 4. The first-order chi connectivity index (χ1) is 16.9. The first-order valence-corrected chi connectivity index (χ1v) is 12.7. The molecule has 0 atom stereocenters. The molecule has 1 aliphatic heterocycles. The predicted octanol–water partition coefficient (Wildman–Crippen LogP) is 3.65. The van der Waals surface area contributed by atoms with E-state index in [0.717, 1.165) is 24.8 Å². The number of piperidine rings is 1. The molecule has 0 aliphatic carbocycles. The van der Waals surface area contributed by atoms with Crippen LogP contribution in [0.2, 0.25) is 0 Å². The van der Waals surface area contributed by atoms with Crippen LogP contribution in [0, 0.1) is 6.92 Å². The number of amides is 1. The van der Waals surface area contributed by atoms with Crippen LogP contribution in [-0.2, 0) is 10.0 Å². The van der Waals surface area contributed by atoms with Crippen LogP contribution >= 0.6 is 0 Å². The number of nitrogens with zero attached hydrogens (tertiary/aromatic N) is 5. The molecular formula is C24H24N6O4S. The molecule has 0 saturated carbocycles. The Hall–Kier alpha value is -3.83. The summed E-state index contributed by atoms with van der Waals surface area (Å²) in [6.45, 7) is 2.90. The molecule has 35 heavy (non-hydrogen) atoms. The third-order valence-electron chi connectivity index (χ3n) is 5.78. The maximum atomic E-state index is 13.3. The van der Waals surface area contributed by atoms with Crippen molar-refractivity contribution in [3.63, 3.8) is 0 Å². The van der Waals surface area contributed by atoms with E-state index < -0.39 is 15.9 Å². The average Bonchev–Trinajstić information content (AvgIpc) is 3.35. The molecule has 1 saturated heterocycles. The van der Waals surface area contributed by atoms with Crippen LogP contribution in [0.15, 0.2) is 66.0 Å². The molecule has 1 amide bonds. The van der Waals surface area contributed by atoms with Gasteiger partial charge in [-0.1, -0.05) is 18.6 Å². The van der Waals surface area contributed by atoms with Crippen molar-refractivity contribution in [3.8, 4) is 11.5 Å². The lowest BCUT2D eigenvalue weighted by atomic mass is 10.2. The van der Waals surface area contributed by atoms with Gasteiger partial charge in [0, 0.05) is 19.3 Å². The molecule has 180 valence electrons. The van der Waals surface area contributed by atoms with Gasteiger partial charge in [0.2, 0.25) is 10.0 Å². The Morgan fingerprint density at radius 2 is 1.86 bits per heavy atom. The number of rotatable bonds is 6. The molecular weight excluding hydrogens is 468 g/mol. The lowest BCUT2D eigenvalue weighted by molar-refractivity contribution is 0.101. The molecule has 10 nitrogen and oxygen atoms in total. The number of carbonyl (C=O) groups excluding carboxylic acids is 1. The van der Waals surface area contributed by atoms with Crippen molar-refractivity contribution in [2.45, 2.75) is 31.1 Å². The third-order valence-corrected chi connectivity index (χ3v) is 7.68. The van der Waals surface area contributed by atoms with E-state index in [4.69, 9.17) is 4.74 Å². The van der Waals surface area contributed by atoms with E-state index >= 15 is 0 Å². The van der Waals surface area contributed by atoms with Crippen LogP contribution in [-0.4, -0.2) is 51.3 Å². The quantitative estimate of drug-likeness (QED) is 0.436. The van der Waals surface area contributed by atoms with Gasteiger partial charge in [-0.2, -0.15) is 18.9 Å². The van der Waals surface area contributed by atoms with Gasteiger partial charge in [0.15, 0.2) is 5.75 Å². The molecule has 11 heteroatoms. The van der Waals surface area contributed by atoms with Crippen LogP contribution in [0.4, 0.5) is 5.69 Å². The second-order valence-corrected chi connectivity index (χ2v) is 10.2. The monoisotopic (exact) mass is 492 g/mol. The van der Waals surface area contributed by atoms with Gasteiger partial charge < -0.3 is 10.1 Å². The second-order valence-electron chi connectivity index (χ2n) is 8.30. The molecule has 1 aliphatic rings. The Kier molecular flexibility index (Phi) is 6.18. The van der Waals surface area contributed by atoms with Crippen molar-refractivity contribution in [2.75, 3.05) is 18.4 Å². The molecule has 0 unspecified atom stereocenters. The summed E-state index contributed by atoms with van der Waals surface area (Å²) in [5, 5.41) is 6.84. The Balaban J connectivity index is 1.53. The molecule has 2 aromatic heterocycles. The number of anilines is 1. The molecule has 2 aromatic carbocycles. The summed E-state index contributed by atoms with van der Waals surface area (Å²) in [6, 6.07) is 13.5. The predicted molar refractivity (Wildman–Crippen MR) is 129 cm³/mol. The fourth-order valence-electron chi connectivity index (χ4n) is 4.01. The van der Waals surface area contributed by atoms with Gasteiger partial charge in [-0.05, 0) is 61.7 Å². The van der Waals surface area contributed by atoms with Gasteiger partial charge in [-0.15, -0.1) is 0 Å². The van der Waals surface area contributed by atoms with Gasteiger partial charge >= 0.3 is 0 Å². The van der Waals surface area contributed by atoms with Crippen molar-refractivity contribution in [1.82, 2.24) is 23.9 Å². The Morgan fingerprint density at radius 3 is 2.66 bits per heavy atom. The zero-order valence-corrected chi connectivity index (χ0v) is 19.9. The number of sulfonamides is 1. The minimum Gasteiger partial charge on any atom is -0.455 e. The van der Waals surface area contributed by atoms with Crippen molar-refractivity contribution < 1.29 is 17.9 Å². The lowest BCUT2D eigenvalue weighted by Crippen LogP contribution is -2.35. The Bertz CT molecular complexity index is 1490. The number of fused-ring (bicyclic) bond motifs is 1. The van der Waals surface area contributed by atoms with Gasteiger partial charge in [-0.25, -0.2) is 13.4 Å². The largest absolute Gasteiger partial charge is 0.455 e. The molecule has 0 spiro atoms. The van der Waals surface area contributed by atoms with Crippen LogP contribution < -0.4 is 10.1 Å². The molecule has 3 heterocycles. The van der Waals surface area contributed by atoms with E-state index in [2.05, 4.69) is 20.4 Å². The van der Waals surface area contributed by atoms with Crippen LogP contribution in [0.5, 0.6) is 11.5 Å². The van der Waals surface area contributed by atoms with Crippen LogP contribution in [0.25, 0.3) is 5.78 Å². The minimum atomic E-state index is -3.72. The van der Waals surface area contributed by atoms with E-state index in [-0.39, 0.29) is 22.1 Å². The highest BCUT2D eigenvalue weighted by Gasteiger charge is 2.27. The van der Waals surface area contributed by atoms with E-state index in [9.17, 15) is 13.2 Å². The van der Waals surface area contributed by atoms with Crippen molar-refractivity contribution >= 4 is 27.4 Å². The van der Waals surface area contributed by atoms with Crippen LogP contribution in [0.3, 0.4) is 0 Å². The van der Waals surface area contributed by atoms with Crippen molar-refractivity contribution in [2.24, 2.45) is 0 Å². The van der Waals surface area contributed by atoms with E-state index in [1.54, 1.807) is 12.1 Å². The normalized spacial score (nSPS) is 14.7. The Labute approximate surface area is 202 Å². The molecule has 4 aromatic rings. The molecule has 5 rings (SSSR count). The zero-order chi connectivity index (χ0) is 24.4. The number of benzene rings is 2. The summed E-state index contributed by atoms with van der Waals surface area (Å²) in [5.74, 6) is 0.639. The lowest BCUT2D eigenvalue weighted by Gasteiger charge is -2.26. The highest BCUT2D eigenvalue weighted by molar-refractivity contribution is 7.89. The van der Waals surface area contributed by atoms with Crippen molar-refractivity contribution in [3.05, 3.63) is 72.3 Å². The summed E-state index contributed by atoms with van der Waals surface area (Å²) < 4.78 is 35.4. The molecule has 1 N–H and O–H groups in total. The number of aryl methyl sites for hydroxylation is 1. The highest BCUT2D eigenvalue weighted by atomic mass is 32.2. The number of carbonyl (C=O) groups is 1. The van der Waals surface area contributed by atoms with E-state index in [0.29, 0.717) is 24.6 Å².